The van der Waals surface area contributed by atoms with E-state index in [1.807, 2.05) is 0 Å². The fraction of sp³-hybridized carbons (Fsp3) is 0.400. The highest BCUT2D eigenvalue weighted by atomic mass is 19.4. The molecule has 7 nitrogen and oxygen atoms in total. The summed E-state index contributed by atoms with van der Waals surface area (Å²) < 4.78 is 65.7. The largest absolute Gasteiger partial charge is 0.477 e. The number of hydrogen-bond acceptors (Lipinski definition) is 6. The van der Waals surface area contributed by atoms with Crippen LogP contribution in [0.1, 0.15) is 24.4 Å². The van der Waals surface area contributed by atoms with E-state index < -0.39 is 36.7 Å². The maximum absolute atomic E-state index is 13.0. The van der Waals surface area contributed by atoms with Gasteiger partial charge in [-0.25, -0.2) is 8.78 Å². The van der Waals surface area contributed by atoms with E-state index in [9.17, 15) is 22.0 Å². The molecule has 0 aliphatic heterocycles. The standard InChI is InChI=1S/C15H12F5N7/c1-27-3-2-8(4-10(27)15(18,19)20)22-12-24-11(7-21)25-13(26-12)23-9-5-14(16,17)6-9/h2-4,9H,5-6H2,1H3,(H,23,24,25,26)/p+1. The molecule has 0 unspecified atom stereocenters. The molecule has 142 valence electrons. The highest BCUT2D eigenvalue weighted by molar-refractivity contribution is 5.54. The van der Waals surface area contributed by atoms with Crippen molar-refractivity contribution in [1.82, 2.24) is 15.0 Å². The van der Waals surface area contributed by atoms with E-state index in [1.54, 1.807) is 6.07 Å². The van der Waals surface area contributed by atoms with Crippen molar-refractivity contribution in [1.29, 1.82) is 5.26 Å². The smallest absolute Gasteiger partial charge is 0.351 e. The van der Waals surface area contributed by atoms with Crippen LogP contribution in [-0.4, -0.2) is 26.9 Å². The zero-order valence-electron chi connectivity index (χ0n) is 13.8. The molecule has 0 atom stereocenters. The minimum absolute atomic E-state index is 0.0386. The maximum atomic E-state index is 13.0. The molecule has 0 aromatic carbocycles. The second-order valence-electron chi connectivity index (χ2n) is 6.06. The van der Waals surface area contributed by atoms with Gasteiger partial charge in [0.15, 0.2) is 6.20 Å². The zero-order valence-corrected chi connectivity index (χ0v) is 13.8. The van der Waals surface area contributed by atoms with Crippen molar-refractivity contribution in [3.8, 4) is 6.07 Å². The van der Waals surface area contributed by atoms with Gasteiger partial charge in [0.1, 0.15) is 13.1 Å². The van der Waals surface area contributed by atoms with Crippen LogP contribution >= 0.6 is 0 Å². The molecule has 2 aromatic heterocycles. The number of anilines is 3. The lowest BCUT2D eigenvalue weighted by Crippen LogP contribution is -2.44. The average molecular weight is 386 g/mol. The second kappa shape index (κ2) is 6.57. The predicted octanol–water partition coefficient (Wildman–Crippen LogP) is 2.54. The topological polar surface area (TPSA) is 90.4 Å². The lowest BCUT2D eigenvalue weighted by molar-refractivity contribution is -0.691. The fourth-order valence-corrected chi connectivity index (χ4v) is 2.55. The summed E-state index contributed by atoms with van der Waals surface area (Å²) in [5.74, 6) is -3.35. The molecule has 1 fully saturated rings. The number of nitriles is 1. The summed E-state index contributed by atoms with van der Waals surface area (Å²) in [4.78, 5) is 11.5. The first-order chi connectivity index (χ1) is 12.6. The molecular formula is C15H13F5N7+. The molecule has 0 radical (unpaired) electrons. The highest BCUT2D eigenvalue weighted by Crippen LogP contribution is 2.38. The van der Waals surface area contributed by atoms with Crippen molar-refractivity contribution in [3.05, 3.63) is 29.8 Å². The molecule has 2 heterocycles. The van der Waals surface area contributed by atoms with Gasteiger partial charge in [0, 0.05) is 31.0 Å². The Bertz CT molecular complexity index is 898. The van der Waals surface area contributed by atoms with Crippen LogP contribution in [0.2, 0.25) is 0 Å². The Labute approximate surface area is 149 Å². The molecule has 1 aliphatic rings. The third-order valence-electron chi connectivity index (χ3n) is 3.86. The fourth-order valence-electron chi connectivity index (χ4n) is 2.55. The predicted molar refractivity (Wildman–Crippen MR) is 82.0 cm³/mol. The van der Waals surface area contributed by atoms with E-state index in [4.69, 9.17) is 5.26 Å². The van der Waals surface area contributed by atoms with E-state index in [0.29, 0.717) is 0 Å². The highest BCUT2D eigenvalue weighted by Gasteiger charge is 2.45. The first-order valence-corrected chi connectivity index (χ1v) is 7.70. The molecule has 27 heavy (non-hydrogen) atoms. The molecule has 1 aliphatic carbocycles. The van der Waals surface area contributed by atoms with Gasteiger partial charge in [-0.05, 0) is 0 Å². The Morgan fingerprint density at radius 3 is 2.48 bits per heavy atom. The second-order valence-corrected chi connectivity index (χ2v) is 6.06. The van der Waals surface area contributed by atoms with Crippen LogP contribution < -0.4 is 15.2 Å². The number of nitrogens with zero attached hydrogens (tertiary/aromatic N) is 5. The molecule has 0 saturated heterocycles. The van der Waals surface area contributed by atoms with Gasteiger partial charge in [0.25, 0.3) is 11.6 Å². The molecule has 0 amide bonds. The van der Waals surface area contributed by atoms with E-state index in [0.717, 1.165) is 10.6 Å². The number of hydrogen-bond donors (Lipinski definition) is 2. The van der Waals surface area contributed by atoms with Crippen molar-refractivity contribution in [2.45, 2.75) is 31.0 Å². The monoisotopic (exact) mass is 386 g/mol. The van der Waals surface area contributed by atoms with Crippen LogP contribution in [0.3, 0.4) is 0 Å². The Kier molecular flexibility index (Phi) is 4.54. The van der Waals surface area contributed by atoms with Crippen LogP contribution in [0.25, 0.3) is 0 Å². The number of nitrogens with one attached hydrogen (secondary N) is 2. The SMILES string of the molecule is C[n+]1ccc(Nc2nc(C#N)nc(NC3CC(F)(F)C3)n2)cc1C(F)(F)F. The minimum atomic E-state index is -4.56. The molecule has 0 bridgehead atoms. The van der Waals surface area contributed by atoms with E-state index in [2.05, 4.69) is 25.6 Å². The number of alkyl halides is 5. The van der Waals surface area contributed by atoms with Gasteiger partial charge >= 0.3 is 6.18 Å². The molecule has 2 N–H and O–H groups in total. The quantitative estimate of drug-likeness (QED) is 0.620. The number of pyridine rings is 1. The Morgan fingerprint density at radius 2 is 1.89 bits per heavy atom. The Morgan fingerprint density at radius 1 is 1.22 bits per heavy atom. The Hall–Kier alpha value is -3.10. The van der Waals surface area contributed by atoms with Gasteiger partial charge in [-0.15, -0.1) is 0 Å². The summed E-state index contributed by atoms with van der Waals surface area (Å²) in [5, 5.41) is 14.2. The molecule has 0 spiro atoms. The van der Waals surface area contributed by atoms with Crippen molar-refractivity contribution in [2.75, 3.05) is 10.6 Å². The van der Waals surface area contributed by atoms with Crippen molar-refractivity contribution >= 4 is 17.6 Å². The number of aromatic nitrogens is 4. The molecular weight excluding hydrogens is 373 g/mol. The zero-order chi connectivity index (χ0) is 19.8. The molecule has 2 aromatic rings. The summed E-state index contributed by atoms with van der Waals surface area (Å²) in [6.45, 7) is 0. The van der Waals surface area contributed by atoms with Gasteiger partial charge in [-0.3, -0.25) is 0 Å². The summed E-state index contributed by atoms with van der Waals surface area (Å²) >= 11 is 0. The lowest BCUT2D eigenvalue weighted by Gasteiger charge is -2.35. The van der Waals surface area contributed by atoms with Crippen LogP contribution in [0.4, 0.5) is 39.5 Å². The third kappa shape index (κ3) is 4.36. The first-order valence-electron chi connectivity index (χ1n) is 7.70. The van der Waals surface area contributed by atoms with Crippen LogP contribution in [-0.2, 0) is 13.2 Å². The van der Waals surface area contributed by atoms with Gasteiger partial charge in [-0.2, -0.15) is 38.0 Å². The maximum Gasteiger partial charge on any atom is 0.477 e. The first kappa shape index (κ1) is 18.7. The van der Waals surface area contributed by atoms with Gasteiger partial charge in [0.2, 0.25) is 17.7 Å². The van der Waals surface area contributed by atoms with Crippen LogP contribution in [0.5, 0.6) is 0 Å². The Balaban J connectivity index is 1.83. The van der Waals surface area contributed by atoms with Crippen LogP contribution in [0.15, 0.2) is 18.3 Å². The number of halogens is 5. The van der Waals surface area contributed by atoms with Gasteiger partial charge < -0.3 is 10.6 Å². The normalized spacial score (nSPS) is 16.3. The van der Waals surface area contributed by atoms with E-state index in [-0.39, 0.29) is 23.4 Å². The third-order valence-corrected chi connectivity index (χ3v) is 3.86. The summed E-state index contributed by atoms with van der Waals surface area (Å²) in [7, 11) is 1.25. The summed E-state index contributed by atoms with van der Waals surface area (Å²) in [6, 6.07) is 3.35. The van der Waals surface area contributed by atoms with Crippen LogP contribution in [0, 0.1) is 11.3 Å². The minimum Gasteiger partial charge on any atom is -0.351 e. The summed E-state index contributed by atoms with van der Waals surface area (Å²) in [5.41, 5.74) is -0.867. The van der Waals surface area contributed by atoms with E-state index >= 15 is 0 Å². The lowest BCUT2D eigenvalue weighted by atomic mass is 9.88. The van der Waals surface area contributed by atoms with Gasteiger partial charge in [-0.1, -0.05) is 0 Å². The van der Waals surface area contributed by atoms with Crippen molar-refractivity contribution in [2.24, 2.45) is 7.05 Å². The molecule has 3 rings (SSSR count). The molecule has 12 heteroatoms. The van der Waals surface area contributed by atoms with Crippen molar-refractivity contribution in [3.63, 3.8) is 0 Å². The number of aryl methyl sites for hydroxylation is 1. The van der Waals surface area contributed by atoms with E-state index in [1.165, 1.54) is 19.3 Å². The number of rotatable bonds is 4. The van der Waals surface area contributed by atoms with Crippen molar-refractivity contribution < 1.29 is 26.5 Å². The average Bonchev–Trinajstić information content (AvgIpc) is 2.53. The van der Waals surface area contributed by atoms with Gasteiger partial charge in [0.05, 0.1) is 5.69 Å². The summed E-state index contributed by atoms with van der Waals surface area (Å²) in [6.07, 6.45) is -4.15. The molecule has 1 saturated carbocycles.